The molecule has 1 amide bonds. The van der Waals surface area contributed by atoms with Crippen LogP contribution in [0.1, 0.15) is 42.9 Å². The number of hydrogen-bond acceptors (Lipinski definition) is 2. The first-order valence-corrected chi connectivity index (χ1v) is 8.18. The van der Waals surface area contributed by atoms with E-state index in [1.165, 1.54) is 16.7 Å². The van der Waals surface area contributed by atoms with E-state index in [1.54, 1.807) is 0 Å². The molecule has 116 valence electrons. The largest absolute Gasteiger partial charge is 0.338 e. The van der Waals surface area contributed by atoms with Gasteiger partial charge in [-0.25, -0.2) is 0 Å². The summed E-state index contributed by atoms with van der Waals surface area (Å²) < 4.78 is 0. The van der Waals surface area contributed by atoms with Crippen LogP contribution in [0.15, 0.2) is 18.2 Å². The zero-order chi connectivity index (χ0) is 15.2. The van der Waals surface area contributed by atoms with E-state index in [0.29, 0.717) is 18.4 Å². The number of benzene rings is 1. The van der Waals surface area contributed by atoms with Gasteiger partial charge in [-0.15, -0.1) is 0 Å². The summed E-state index contributed by atoms with van der Waals surface area (Å²) in [5, 5.41) is 3.36. The first-order chi connectivity index (χ1) is 10.1. The maximum Gasteiger partial charge on any atom is 0.223 e. The third-order valence-corrected chi connectivity index (χ3v) is 4.37. The summed E-state index contributed by atoms with van der Waals surface area (Å²) in [7, 11) is 0. The summed E-state index contributed by atoms with van der Waals surface area (Å²) >= 11 is 0. The smallest absolute Gasteiger partial charge is 0.223 e. The highest BCUT2D eigenvalue weighted by molar-refractivity contribution is 5.77. The lowest BCUT2D eigenvalue weighted by Gasteiger charge is -2.28. The Morgan fingerprint density at radius 2 is 2.19 bits per heavy atom. The summed E-state index contributed by atoms with van der Waals surface area (Å²) in [5.74, 6) is 0.311. The minimum absolute atomic E-state index is 0.311. The average Bonchev–Trinajstić information content (AvgIpc) is 2.97. The Bertz CT molecular complexity index is 478. The standard InChI is InChI=1S/C18H28N2O/c1-4-11-20(17-9-10-19-13-17)18(21)8-7-16-6-5-14(2)12-15(16)3/h5-6,12,17,19H,4,7-11,13H2,1-3H3. The fourth-order valence-corrected chi connectivity index (χ4v) is 3.17. The highest BCUT2D eigenvalue weighted by Gasteiger charge is 2.25. The Kier molecular flexibility index (Phi) is 5.80. The van der Waals surface area contributed by atoms with Crippen LogP contribution in [0.25, 0.3) is 0 Å². The lowest BCUT2D eigenvalue weighted by Crippen LogP contribution is -2.42. The number of rotatable bonds is 6. The highest BCUT2D eigenvalue weighted by atomic mass is 16.2. The predicted octanol–water partition coefficient (Wildman–Crippen LogP) is 2.84. The average molecular weight is 288 g/mol. The molecule has 1 N–H and O–H groups in total. The van der Waals surface area contributed by atoms with E-state index in [0.717, 1.165) is 38.9 Å². The molecule has 0 saturated carbocycles. The molecule has 0 spiro atoms. The minimum atomic E-state index is 0.311. The van der Waals surface area contributed by atoms with Gasteiger partial charge in [-0.05, 0) is 50.8 Å². The van der Waals surface area contributed by atoms with Gasteiger partial charge in [0, 0.05) is 25.6 Å². The lowest BCUT2D eigenvalue weighted by molar-refractivity contribution is -0.133. The minimum Gasteiger partial charge on any atom is -0.338 e. The molecule has 1 aliphatic heterocycles. The van der Waals surface area contributed by atoms with Crippen molar-refractivity contribution in [1.82, 2.24) is 10.2 Å². The predicted molar refractivity (Wildman–Crippen MR) is 87.5 cm³/mol. The molecule has 0 aromatic heterocycles. The van der Waals surface area contributed by atoms with Gasteiger partial charge in [0.25, 0.3) is 0 Å². The van der Waals surface area contributed by atoms with E-state index >= 15 is 0 Å². The molecule has 1 heterocycles. The number of nitrogens with one attached hydrogen (secondary N) is 1. The molecular formula is C18H28N2O. The molecule has 1 saturated heterocycles. The molecule has 1 fully saturated rings. The van der Waals surface area contributed by atoms with Crippen molar-refractivity contribution in [3.63, 3.8) is 0 Å². The van der Waals surface area contributed by atoms with Crippen LogP contribution in [0.3, 0.4) is 0 Å². The van der Waals surface area contributed by atoms with Crippen LogP contribution in [-0.4, -0.2) is 36.5 Å². The van der Waals surface area contributed by atoms with Gasteiger partial charge < -0.3 is 10.2 Å². The third-order valence-electron chi connectivity index (χ3n) is 4.37. The second-order valence-corrected chi connectivity index (χ2v) is 6.16. The van der Waals surface area contributed by atoms with Gasteiger partial charge in [0.1, 0.15) is 0 Å². The molecule has 0 aliphatic carbocycles. The monoisotopic (exact) mass is 288 g/mol. The van der Waals surface area contributed by atoms with Gasteiger partial charge in [-0.1, -0.05) is 30.7 Å². The number of hydrogen-bond donors (Lipinski definition) is 1. The Balaban J connectivity index is 1.95. The topological polar surface area (TPSA) is 32.3 Å². The molecule has 3 heteroatoms. The van der Waals surface area contributed by atoms with E-state index in [4.69, 9.17) is 0 Å². The molecule has 1 aromatic rings. The number of aryl methyl sites for hydroxylation is 3. The van der Waals surface area contributed by atoms with Gasteiger partial charge in [-0.2, -0.15) is 0 Å². The van der Waals surface area contributed by atoms with Crippen molar-refractivity contribution in [2.75, 3.05) is 19.6 Å². The van der Waals surface area contributed by atoms with Crippen molar-refractivity contribution in [1.29, 1.82) is 0 Å². The van der Waals surface area contributed by atoms with Crippen LogP contribution in [0.4, 0.5) is 0 Å². The molecule has 1 aromatic carbocycles. The van der Waals surface area contributed by atoms with Crippen LogP contribution >= 0.6 is 0 Å². The molecule has 1 aliphatic rings. The third kappa shape index (κ3) is 4.31. The van der Waals surface area contributed by atoms with Crippen LogP contribution in [0.5, 0.6) is 0 Å². The van der Waals surface area contributed by atoms with E-state index in [9.17, 15) is 4.79 Å². The second kappa shape index (κ2) is 7.60. The van der Waals surface area contributed by atoms with Crippen LogP contribution in [-0.2, 0) is 11.2 Å². The van der Waals surface area contributed by atoms with Crippen LogP contribution in [0.2, 0.25) is 0 Å². The quantitative estimate of drug-likeness (QED) is 0.873. The van der Waals surface area contributed by atoms with Gasteiger partial charge in [0.15, 0.2) is 0 Å². The van der Waals surface area contributed by atoms with Crippen molar-refractivity contribution >= 4 is 5.91 Å². The molecule has 1 atom stereocenters. The summed E-state index contributed by atoms with van der Waals surface area (Å²) in [6, 6.07) is 6.90. The summed E-state index contributed by atoms with van der Waals surface area (Å²) in [6.07, 6.45) is 3.60. The molecule has 21 heavy (non-hydrogen) atoms. The van der Waals surface area contributed by atoms with Crippen molar-refractivity contribution < 1.29 is 4.79 Å². The van der Waals surface area contributed by atoms with E-state index in [-0.39, 0.29) is 0 Å². The zero-order valence-corrected chi connectivity index (χ0v) is 13.6. The number of carbonyl (C=O) groups is 1. The fraction of sp³-hybridized carbons (Fsp3) is 0.611. The summed E-state index contributed by atoms with van der Waals surface area (Å²) in [4.78, 5) is 14.7. The van der Waals surface area contributed by atoms with Gasteiger partial charge in [-0.3, -0.25) is 4.79 Å². The van der Waals surface area contributed by atoms with Crippen molar-refractivity contribution in [2.45, 2.75) is 52.5 Å². The molecular weight excluding hydrogens is 260 g/mol. The van der Waals surface area contributed by atoms with Gasteiger partial charge in [0.2, 0.25) is 5.91 Å². The Morgan fingerprint density at radius 3 is 2.81 bits per heavy atom. The first kappa shape index (κ1) is 16.0. The number of carbonyl (C=O) groups excluding carboxylic acids is 1. The van der Waals surface area contributed by atoms with Crippen LogP contribution < -0.4 is 5.32 Å². The Hall–Kier alpha value is -1.35. The Labute approximate surface area is 128 Å². The Morgan fingerprint density at radius 1 is 1.38 bits per heavy atom. The molecule has 0 bridgehead atoms. The number of amides is 1. The van der Waals surface area contributed by atoms with Gasteiger partial charge in [0.05, 0.1) is 0 Å². The second-order valence-electron chi connectivity index (χ2n) is 6.16. The maximum atomic E-state index is 12.6. The van der Waals surface area contributed by atoms with E-state index in [2.05, 4.69) is 49.2 Å². The SMILES string of the molecule is CCCN(C(=O)CCc1ccc(C)cc1C)C1CCNC1. The molecule has 2 rings (SSSR count). The van der Waals surface area contributed by atoms with Crippen LogP contribution in [0, 0.1) is 13.8 Å². The molecule has 1 unspecified atom stereocenters. The van der Waals surface area contributed by atoms with E-state index in [1.807, 2.05) is 0 Å². The van der Waals surface area contributed by atoms with Crippen molar-refractivity contribution in [3.05, 3.63) is 34.9 Å². The van der Waals surface area contributed by atoms with Gasteiger partial charge >= 0.3 is 0 Å². The number of nitrogens with zero attached hydrogens (tertiary/aromatic N) is 1. The fourth-order valence-electron chi connectivity index (χ4n) is 3.17. The van der Waals surface area contributed by atoms with Crippen molar-refractivity contribution in [3.8, 4) is 0 Å². The molecule has 3 nitrogen and oxygen atoms in total. The summed E-state index contributed by atoms with van der Waals surface area (Å²) in [6.45, 7) is 9.27. The normalized spacial score (nSPS) is 18.0. The maximum absolute atomic E-state index is 12.6. The zero-order valence-electron chi connectivity index (χ0n) is 13.6. The van der Waals surface area contributed by atoms with Crippen molar-refractivity contribution in [2.24, 2.45) is 0 Å². The molecule has 0 radical (unpaired) electrons. The lowest BCUT2D eigenvalue weighted by atomic mass is 10.0. The van der Waals surface area contributed by atoms with E-state index < -0.39 is 0 Å². The first-order valence-electron chi connectivity index (χ1n) is 8.18. The highest BCUT2D eigenvalue weighted by Crippen LogP contribution is 2.16. The summed E-state index contributed by atoms with van der Waals surface area (Å²) in [5.41, 5.74) is 3.88.